The summed E-state index contributed by atoms with van der Waals surface area (Å²) in [4.78, 5) is 21.3. The molecule has 1 aliphatic carbocycles. The Bertz CT molecular complexity index is 970. The fourth-order valence-electron chi connectivity index (χ4n) is 2.92. The van der Waals surface area contributed by atoms with Crippen LogP contribution in [0.25, 0.3) is 11.4 Å². The van der Waals surface area contributed by atoms with Crippen molar-refractivity contribution in [3.63, 3.8) is 0 Å². The minimum Gasteiger partial charge on any atom is -0.492 e. The van der Waals surface area contributed by atoms with Crippen LogP contribution in [0, 0.1) is 6.92 Å². The summed E-state index contributed by atoms with van der Waals surface area (Å²) < 4.78 is 5.70. The average Bonchev–Trinajstić information content (AvgIpc) is 3.56. The van der Waals surface area contributed by atoms with E-state index in [-0.39, 0.29) is 5.91 Å². The van der Waals surface area contributed by atoms with Gasteiger partial charge in [-0.05, 0) is 44.0 Å². The van der Waals surface area contributed by atoms with E-state index in [0.29, 0.717) is 30.6 Å². The maximum atomic E-state index is 12.1. The highest BCUT2D eigenvalue weighted by Crippen LogP contribution is 2.21. The lowest BCUT2D eigenvalue weighted by Gasteiger charge is -2.10. The molecule has 0 spiro atoms. The molecule has 0 bridgehead atoms. The summed E-state index contributed by atoms with van der Waals surface area (Å²) in [5.74, 6) is 2.20. The van der Waals surface area contributed by atoms with Gasteiger partial charge in [0.05, 0.1) is 6.54 Å². The third-order valence-corrected chi connectivity index (χ3v) is 4.59. The number of nitrogens with one attached hydrogen (secondary N) is 2. The number of hydrogen-bond acceptors (Lipinski definition) is 5. The molecular weight excluding hydrogens is 364 g/mol. The molecule has 148 valence electrons. The van der Waals surface area contributed by atoms with Crippen molar-refractivity contribution in [2.45, 2.75) is 25.8 Å². The second kappa shape index (κ2) is 8.73. The molecule has 1 amide bonds. The molecule has 1 heterocycles. The van der Waals surface area contributed by atoms with Crippen LogP contribution in [0.15, 0.2) is 60.7 Å². The lowest BCUT2D eigenvalue weighted by Crippen LogP contribution is -2.25. The van der Waals surface area contributed by atoms with Crippen LogP contribution in [0.4, 0.5) is 5.82 Å². The number of aromatic nitrogens is 2. The first kappa shape index (κ1) is 18.9. The minimum atomic E-state index is -0.0232. The summed E-state index contributed by atoms with van der Waals surface area (Å²) in [7, 11) is 0. The summed E-state index contributed by atoms with van der Waals surface area (Å²) in [5, 5.41) is 6.28. The molecule has 4 rings (SSSR count). The monoisotopic (exact) mass is 388 g/mol. The van der Waals surface area contributed by atoms with Crippen molar-refractivity contribution in [1.82, 2.24) is 15.3 Å². The second-order valence-electron chi connectivity index (χ2n) is 7.13. The summed E-state index contributed by atoms with van der Waals surface area (Å²) >= 11 is 0. The Morgan fingerprint density at radius 1 is 1.07 bits per heavy atom. The van der Waals surface area contributed by atoms with Crippen molar-refractivity contribution in [3.05, 3.63) is 71.9 Å². The van der Waals surface area contributed by atoms with Crippen molar-refractivity contribution >= 4 is 11.7 Å². The smallest absolute Gasteiger partial charge is 0.251 e. The zero-order valence-corrected chi connectivity index (χ0v) is 16.4. The third-order valence-electron chi connectivity index (χ3n) is 4.59. The van der Waals surface area contributed by atoms with Crippen molar-refractivity contribution in [3.8, 4) is 17.1 Å². The summed E-state index contributed by atoms with van der Waals surface area (Å²) in [5.41, 5.74) is 2.40. The van der Waals surface area contributed by atoms with Gasteiger partial charge in [-0.2, -0.15) is 0 Å². The van der Waals surface area contributed by atoms with E-state index in [1.165, 1.54) is 0 Å². The molecule has 0 aliphatic heterocycles. The van der Waals surface area contributed by atoms with Crippen molar-refractivity contribution < 1.29 is 9.53 Å². The molecular formula is C23H24N4O2. The molecule has 0 radical (unpaired) electrons. The molecule has 3 aromatic rings. The van der Waals surface area contributed by atoms with E-state index in [0.717, 1.165) is 35.7 Å². The molecule has 2 N–H and O–H groups in total. The fourth-order valence-corrected chi connectivity index (χ4v) is 2.92. The number of anilines is 1. The van der Waals surface area contributed by atoms with Gasteiger partial charge in [0.25, 0.3) is 5.91 Å². The van der Waals surface area contributed by atoms with Gasteiger partial charge in [0.2, 0.25) is 0 Å². The predicted molar refractivity (Wildman–Crippen MR) is 113 cm³/mol. The molecule has 2 aromatic carbocycles. The number of rotatable bonds is 8. The predicted octanol–water partition coefficient (Wildman–Crippen LogP) is 3.84. The van der Waals surface area contributed by atoms with Gasteiger partial charge in [0, 0.05) is 28.9 Å². The van der Waals surface area contributed by atoms with E-state index in [1.54, 1.807) is 0 Å². The standard InChI is InChI=1S/C23H24N4O2/c1-16-15-21(24-13-14-29-20-5-3-2-4-6-20)27-22(25-16)17-7-9-18(10-8-17)23(28)26-19-11-12-19/h2-10,15,19H,11-14H2,1H3,(H,26,28)(H,24,25,27). The van der Waals surface area contributed by atoms with Gasteiger partial charge in [-0.15, -0.1) is 0 Å². The topological polar surface area (TPSA) is 76.1 Å². The van der Waals surface area contributed by atoms with Gasteiger partial charge >= 0.3 is 0 Å². The van der Waals surface area contributed by atoms with E-state index in [1.807, 2.05) is 67.6 Å². The van der Waals surface area contributed by atoms with Gasteiger partial charge in [0.15, 0.2) is 5.82 Å². The minimum absolute atomic E-state index is 0.0232. The quantitative estimate of drug-likeness (QED) is 0.574. The van der Waals surface area contributed by atoms with E-state index < -0.39 is 0 Å². The van der Waals surface area contributed by atoms with Gasteiger partial charge in [-0.25, -0.2) is 9.97 Å². The molecule has 1 saturated carbocycles. The fraction of sp³-hybridized carbons (Fsp3) is 0.261. The van der Waals surface area contributed by atoms with Gasteiger partial charge in [-0.3, -0.25) is 4.79 Å². The lowest BCUT2D eigenvalue weighted by atomic mass is 10.1. The first-order valence-electron chi connectivity index (χ1n) is 9.86. The van der Waals surface area contributed by atoms with Crippen LogP contribution in [0.2, 0.25) is 0 Å². The molecule has 0 unspecified atom stereocenters. The Morgan fingerprint density at radius 3 is 2.55 bits per heavy atom. The largest absolute Gasteiger partial charge is 0.492 e. The van der Waals surface area contributed by atoms with Gasteiger partial charge in [0.1, 0.15) is 18.2 Å². The van der Waals surface area contributed by atoms with E-state index in [4.69, 9.17) is 4.74 Å². The van der Waals surface area contributed by atoms with Crippen molar-refractivity contribution in [2.24, 2.45) is 0 Å². The summed E-state index contributed by atoms with van der Waals surface area (Å²) in [6, 6.07) is 19.4. The number of benzene rings is 2. The van der Waals surface area contributed by atoms with Crippen LogP contribution < -0.4 is 15.4 Å². The maximum absolute atomic E-state index is 12.1. The molecule has 29 heavy (non-hydrogen) atoms. The number of carbonyl (C=O) groups excluding carboxylic acids is 1. The molecule has 1 aromatic heterocycles. The van der Waals surface area contributed by atoms with Crippen LogP contribution in [0.1, 0.15) is 28.9 Å². The van der Waals surface area contributed by atoms with Crippen LogP contribution in [0.3, 0.4) is 0 Å². The maximum Gasteiger partial charge on any atom is 0.251 e. The van der Waals surface area contributed by atoms with Crippen LogP contribution >= 0.6 is 0 Å². The zero-order valence-electron chi connectivity index (χ0n) is 16.4. The number of hydrogen-bond donors (Lipinski definition) is 2. The number of aryl methyl sites for hydroxylation is 1. The Morgan fingerprint density at radius 2 is 1.83 bits per heavy atom. The Labute approximate surface area is 170 Å². The average molecular weight is 388 g/mol. The Balaban J connectivity index is 1.37. The number of nitrogens with zero attached hydrogens (tertiary/aromatic N) is 2. The van der Waals surface area contributed by atoms with Crippen LogP contribution in [0.5, 0.6) is 5.75 Å². The zero-order chi connectivity index (χ0) is 20.1. The lowest BCUT2D eigenvalue weighted by molar-refractivity contribution is 0.0951. The molecule has 1 fully saturated rings. The normalized spacial score (nSPS) is 13.0. The molecule has 0 saturated heterocycles. The van der Waals surface area contributed by atoms with Crippen molar-refractivity contribution in [2.75, 3.05) is 18.5 Å². The summed E-state index contributed by atoms with van der Waals surface area (Å²) in [6.07, 6.45) is 2.15. The first-order chi connectivity index (χ1) is 14.2. The highest BCUT2D eigenvalue weighted by Gasteiger charge is 2.23. The van der Waals surface area contributed by atoms with Crippen LogP contribution in [-0.4, -0.2) is 35.1 Å². The van der Waals surface area contributed by atoms with E-state index >= 15 is 0 Å². The molecule has 1 aliphatic rings. The first-order valence-corrected chi connectivity index (χ1v) is 9.86. The SMILES string of the molecule is Cc1cc(NCCOc2ccccc2)nc(-c2ccc(C(=O)NC3CC3)cc2)n1. The summed E-state index contributed by atoms with van der Waals surface area (Å²) in [6.45, 7) is 3.10. The second-order valence-corrected chi connectivity index (χ2v) is 7.13. The molecule has 6 heteroatoms. The van der Waals surface area contributed by atoms with Gasteiger partial charge in [-0.1, -0.05) is 30.3 Å². The van der Waals surface area contributed by atoms with Crippen molar-refractivity contribution in [1.29, 1.82) is 0 Å². The number of carbonyl (C=O) groups is 1. The Hall–Kier alpha value is -3.41. The Kier molecular flexibility index (Phi) is 5.70. The molecule has 6 nitrogen and oxygen atoms in total. The van der Waals surface area contributed by atoms with E-state index in [9.17, 15) is 4.79 Å². The number of ether oxygens (including phenoxy) is 1. The third kappa shape index (κ3) is 5.31. The molecule has 0 atom stereocenters. The highest BCUT2D eigenvalue weighted by atomic mass is 16.5. The highest BCUT2D eigenvalue weighted by molar-refractivity contribution is 5.95. The number of amides is 1. The van der Waals surface area contributed by atoms with Crippen LogP contribution in [-0.2, 0) is 0 Å². The van der Waals surface area contributed by atoms with E-state index in [2.05, 4.69) is 20.6 Å². The van der Waals surface area contributed by atoms with Gasteiger partial charge < -0.3 is 15.4 Å². The number of para-hydroxylation sites is 1.